The maximum Gasteiger partial charge on any atom is 0.141 e. The van der Waals surface area contributed by atoms with Gasteiger partial charge in [-0.2, -0.15) is 0 Å². The van der Waals surface area contributed by atoms with Gasteiger partial charge in [-0.05, 0) is 57.8 Å². The molecule has 0 spiro atoms. The Hall–Kier alpha value is -2.05. The van der Waals surface area contributed by atoms with Gasteiger partial charge in [0.15, 0.2) is 0 Å². The molecule has 1 saturated heterocycles. The van der Waals surface area contributed by atoms with Crippen LogP contribution in [-0.2, 0) is 13.1 Å². The Kier molecular flexibility index (Phi) is 5.13. The maximum absolute atomic E-state index is 4.63. The number of aromatic nitrogens is 4. The minimum absolute atomic E-state index is 0.706. The van der Waals surface area contributed by atoms with E-state index in [0.29, 0.717) is 5.92 Å². The van der Waals surface area contributed by atoms with Crippen LogP contribution in [0.2, 0.25) is 0 Å². The van der Waals surface area contributed by atoms with E-state index in [9.17, 15) is 0 Å². The van der Waals surface area contributed by atoms with Crippen molar-refractivity contribution in [3.63, 3.8) is 0 Å². The lowest BCUT2D eigenvalue weighted by Gasteiger charge is -2.32. The molecule has 1 aliphatic rings. The fourth-order valence-electron chi connectivity index (χ4n) is 3.68. The smallest absolute Gasteiger partial charge is 0.141 e. The van der Waals surface area contributed by atoms with Crippen LogP contribution < -0.4 is 0 Å². The number of piperidine rings is 1. The number of imidazole rings is 1. The molecule has 0 atom stereocenters. The number of hydrogen-bond acceptors (Lipinski definition) is 5. The second-order valence-corrected chi connectivity index (χ2v) is 8.10. The molecule has 3 aromatic rings. The van der Waals surface area contributed by atoms with E-state index < -0.39 is 0 Å². The van der Waals surface area contributed by atoms with Crippen LogP contribution in [0.1, 0.15) is 29.1 Å². The van der Waals surface area contributed by atoms with Crippen LogP contribution in [0.4, 0.5) is 0 Å². The molecule has 4 heterocycles. The Balaban J connectivity index is 1.39. The molecule has 0 aliphatic carbocycles. The van der Waals surface area contributed by atoms with Crippen LogP contribution in [0.3, 0.4) is 0 Å². The Morgan fingerprint density at radius 1 is 1.15 bits per heavy atom. The fourth-order valence-corrected chi connectivity index (χ4v) is 4.50. The Morgan fingerprint density at radius 2 is 2.00 bits per heavy atom. The first-order valence-corrected chi connectivity index (χ1v) is 10.1. The van der Waals surface area contributed by atoms with Crippen LogP contribution >= 0.6 is 11.3 Å². The van der Waals surface area contributed by atoms with Crippen LogP contribution in [0.5, 0.6) is 0 Å². The summed E-state index contributed by atoms with van der Waals surface area (Å²) in [6.45, 7) is 8.68. The van der Waals surface area contributed by atoms with Crippen LogP contribution in [0, 0.1) is 19.8 Å². The van der Waals surface area contributed by atoms with Gasteiger partial charge in [0.1, 0.15) is 5.82 Å². The molecule has 136 valence electrons. The van der Waals surface area contributed by atoms with Crippen molar-refractivity contribution in [2.24, 2.45) is 5.92 Å². The first-order chi connectivity index (χ1) is 12.7. The number of rotatable bonds is 5. The van der Waals surface area contributed by atoms with Crippen LogP contribution in [-0.4, -0.2) is 37.5 Å². The normalized spacial score (nSPS) is 16.2. The van der Waals surface area contributed by atoms with E-state index in [1.54, 1.807) is 11.3 Å². The van der Waals surface area contributed by atoms with Gasteiger partial charge in [-0.3, -0.25) is 9.88 Å². The lowest BCUT2D eigenvalue weighted by Crippen LogP contribution is -2.34. The molecule has 0 saturated carbocycles. The highest BCUT2D eigenvalue weighted by Gasteiger charge is 2.22. The summed E-state index contributed by atoms with van der Waals surface area (Å²) >= 11 is 1.78. The highest BCUT2D eigenvalue weighted by Crippen LogP contribution is 2.26. The summed E-state index contributed by atoms with van der Waals surface area (Å²) in [6, 6.07) is 4.06. The summed E-state index contributed by atoms with van der Waals surface area (Å²) in [7, 11) is 0. The van der Waals surface area contributed by atoms with Crippen molar-refractivity contribution in [3.8, 4) is 11.4 Å². The number of aryl methyl sites for hydroxylation is 2. The monoisotopic (exact) mass is 367 g/mol. The van der Waals surface area contributed by atoms with E-state index in [4.69, 9.17) is 0 Å². The van der Waals surface area contributed by atoms with Gasteiger partial charge in [-0.25, -0.2) is 9.97 Å². The van der Waals surface area contributed by atoms with E-state index in [1.165, 1.54) is 29.1 Å². The molecule has 0 bridgehead atoms. The Morgan fingerprint density at radius 3 is 2.69 bits per heavy atom. The summed E-state index contributed by atoms with van der Waals surface area (Å²) in [4.78, 5) is 17.2. The van der Waals surface area contributed by atoms with E-state index in [1.807, 2.05) is 30.2 Å². The second-order valence-electron chi connectivity index (χ2n) is 7.16. The standard InChI is InChI=1S/C20H25N5S/c1-15-10-22-20(18-4-3-7-21-11-18)25(15)12-17-5-8-24(9-6-17)13-19-16(2)23-14-26-19/h3-4,7,10-11,14,17H,5-6,8-9,12-13H2,1-2H3. The van der Waals surface area contributed by atoms with Gasteiger partial charge in [0.25, 0.3) is 0 Å². The van der Waals surface area contributed by atoms with Crippen LogP contribution in [0.15, 0.2) is 36.2 Å². The second kappa shape index (κ2) is 7.68. The zero-order chi connectivity index (χ0) is 17.9. The summed E-state index contributed by atoms with van der Waals surface area (Å²) < 4.78 is 2.37. The van der Waals surface area contributed by atoms with Gasteiger partial charge in [0, 0.05) is 47.8 Å². The summed E-state index contributed by atoms with van der Waals surface area (Å²) in [5, 5.41) is 0. The number of likely N-dealkylation sites (tertiary alicyclic amines) is 1. The zero-order valence-corrected chi connectivity index (χ0v) is 16.2. The van der Waals surface area contributed by atoms with Gasteiger partial charge in [-0.15, -0.1) is 11.3 Å². The topological polar surface area (TPSA) is 46.8 Å². The Labute approximate surface area is 158 Å². The molecule has 0 N–H and O–H groups in total. The molecule has 1 fully saturated rings. The third-order valence-corrected chi connectivity index (χ3v) is 6.25. The first-order valence-electron chi connectivity index (χ1n) is 9.24. The lowest BCUT2D eigenvalue weighted by atomic mass is 9.96. The highest BCUT2D eigenvalue weighted by molar-refractivity contribution is 7.09. The van der Waals surface area contributed by atoms with E-state index in [0.717, 1.165) is 37.6 Å². The average Bonchev–Trinajstić information content (AvgIpc) is 3.24. The molecule has 0 aromatic carbocycles. The molecular formula is C20H25N5S. The number of hydrogen-bond donors (Lipinski definition) is 0. The van der Waals surface area contributed by atoms with Gasteiger partial charge < -0.3 is 4.57 Å². The van der Waals surface area contributed by atoms with Gasteiger partial charge in [0.05, 0.1) is 11.2 Å². The average molecular weight is 368 g/mol. The van der Waals surface area contributed by atoms with Crippen molar-refractivity contribution in [3.05, 3.63) is 52.5 Å². The third kappa shape index (κ3) is 3.71. The predicted octanol–water partition coefficient (Wildman–Crippen LogP) is 3.93. The van der Waals surface area contributed by atoms with Crippen molar-refractivity contribution >= 4 is 11.3 Å². The minimum atomic E-state index is 0.706. The molecule has 4 rings (SSSR count). The molecule has 6 heteroatoms. The SMILES string of the molecule is Cc1ncsc1CN1CCC(Cn2c(C)cnc2-c2cccnc2)CC1. The van der Waals surface area contributed by atoms with E-state index >= 15 is 0 Å². The third-order valence-electron chi connectivity index (χ3n) is 5.33. The molecular weight excluding hydrogens is 342 g/mol. The van der Waals surface area contributed by atoms with Crippen molar-refractivity contribution in [2.45, 2.75) is 39.8 Å². The number of thiazole rings is 1. The molecule has 26 heavy (non-hydrogen) atoms. The molecule has 0 radical (unpaired) electrons. The number of nitrogens with zero attached hydrogens (tertiary/aromatic N) is 5. The van der Waals surface area contributed by atoms with Gasteiger partial charge >= 0.3 is 0 Å². The maximum atomic E-state index is 4.63. The van der Waals surface area contributed by atoms with Crippen molar-refractivity contribution in [1.29, 1.82) is 0 Å². The quantitative estimate of drug-likeness (QED) is 0.685. The molecule has 3 aromatic heterocycles. The summed E-state index contributed by atoms with van der Waals surface area (Å²) in [6.07, 6.45) is 8.16. The van der Waals surface area contributed by atoms with Crippen molar-refractivity contribution in [2.75, 3.05) is 13.1 Å². The molecule has 0 unspecified atom stereocenters. The summed E-state index contributed by atoms with van der Waals surface area (Å²) in [5.74, 6) is 1.75. The molecule has 1 aliphatic heterocycles. The van der Waals surface area contributed by atoms with Crippen LogP contribution in [0.25, 0.3) is 11.4 Å². The Bertz CT molecular complexity index is 846. The van der Waals surface area contributed by atoms with E-state index in [-0.39, 0.29) is 0 Å². The van der Waals surface area contributed by atoms with Crippen molar-refractivity contribution < 1.29 is 0 Å². The van der Waals surface area contributed by atoms with Crippen molar-refractivity contribution in [1.82, 2.24) is 24.4 Å². The van der Waals surface area contributed by atoms with Gasteiger partial charge in [-0.1, -0.05) is 0 Å². The fraction of sp³-hybridized carbons (Fsp3) is 0.450. The van der Waals surface area contributed by atoms with Gasteiger partial charge in [0.2, 0.25) is 0 Å². The largest absolute Gasteiger partial charge is 0.328 e. The first kappa shape index (κ1) is 17.4. The number of pyridine rings is 1. The molecule has 5 nitrogen and oxygen atoms in total. The summed E-state index contributed by atoms with van der Waals surface area (Å²) in [5.41, 5.74) is 5.47. The molecule has 0 amide bonds. The zero-order valence-electron chi connectivity index (χ0n) is 15.4. The highest BCUT2D eigenvalue weighted by atomic mass is 32.1. The lowest BCUT2D eigenvalue weighted by molar-refractivity contribution is 0.168. The predicted molar refractivity (Wildman–Crippen MR) is 105 cm³/mol. The minimum Gasteiger partial charge on any atom is -0.328 e. The van der Waals surface area contributed by atoms with E-state index in [2.05, 4.69) is 44.3 Å².